The van der Waals surface area contributed by atoms with Gasteiger partial charge in [-0.15, -0.1) is 0 Å². The second kappa shape index (κ2) is 5.25. The van der Waals surface area contributed by atoms with Crippen molar-refractivity contribution in [3.63, 3.8) is 0 Å². The lowest BCUT2D eigenvalue weighted by Crippen LogP contribution is -2.09. The van der Waals surface area contributed by atoms with Crippen LogP contribution in [0.4, 0.5) is 0 Å². The number of aromatic carboxylic acids is 1. The Hall–Kier alpha value is -1.16. The Morgan fingerprint density at radius 3 is 2.50 bits per heavy atom. The number of hydrogen-bond donors (Lipinski definition) is 1. The normalized spacial score (nSPS) is 12.2. The van der Waals surface area contributed by atoms with Gasteiger partial charge >= 0.3 is 5.97 Å². The van der Waals surface area contributed by atoms with E-state index in [9.17, 15) is 9.59 Å². The number of rotatable bonds is 4. The van der Waals surface area contributed by atoms with Crippen LogP contribution in [0.1, 0.15) is 40.2 Å². The maximum absolute atomic E-state index is 11.2. The van der Waals surface area contributed by atoms with Gasteiger partial charge < -0.3 is 5.11 Å². The van der Waals surface area contributed by atoms with Crippen molar-refractivity contribution in [2.45, 2.75) is 25.1 Å². The van der Waals surface area contributed by atoms with Crippen LogP contribution in [0.3, 0.4) is 0 Å². The van der Waals surface area contributed by atoms with Crippen LogP contribution >= 0.6 is 15.9 Å². The standard InChI is InChI=1S/C12H13BrO3/c1-3-8-4-5-9(11(13)7(2)14)10(6-8)12(15)16/h4-6,11H,3H2,1-2H3,(H,15,16). The molecule has 0 amide bonds. The summed E-state index contributed by atoms with van der Waals surface area (Å²) in [5, 5.41) is 9.08. The van der Waals surface area contributed by atoms with Crippen molar-refractivity contribution in [3.05, 3.63) is 34.9 Å². The number of carboxylic acid groups (broad SMARTS) is 1. The minimum Gasteiger partial charge on any atom is -0.478 e. The fourth-order valence-electron chi connectivity index (χ4n) is 1.45. The summed E-state index contributed by atoms with van der Waals surface area (Å²) < 4.78 is 0. The number of hydrogen-bond acceptors (Lipinski definition) is 2. The molecule has 0 aliphatic carbocycles. The van der Waals surface area contributed by atoms with Crippen LogP contribution in [0.2, 0.25) is 0 Å². The first-order valence-corrected chi connectivity index (χ1v) is 5.89. The molecule has 1 aromatic rings. The average Bonchev–Trinajstić information content (AvgIpc) is 2.26. The second-order valence-electron chi connectivity index (χ2n) is 3.55. The number of carbonyl (C=O) groups excluding carboxylic acids is 1. The van der Waals surface area contributed by atoms with Crippen LogP contribution in [-0.2, 0) is 11.2 Å². The zero-order valence-corrected chi connectivity index (χ0v) is 10.7. The number of alkyl halides is 1. The third-order valence-electron chi connectivity index (χ3n) is 2.39. The summed E-state index contributed by atoms with van der Waals surface area (Å²) in [7, 11) is 0. The van der Waals surface area contributed by atoms with E-state index in [1.165, 1.54) is 6.92 Å². The van der Waals surface area contributed by atoms with E-state index in [2.05, 4.69) is 15.9 Å². The van der Waals surface area contributed by atoms with Gasteiger partial charge in [0.1, 0.15) is 5.78 Å². The van der Waals surface area contributed by atoms with Crippen LogP contribution < -0.4 is 0 Å². The molecule has 0 spiro atoms. The molecule has 0 radical (unpaired) electrons. The Labute approximate surface area is 103 Å². The highest BCUT2D eigenvalue weighted by Crippen LogP contribution is 2.27. The molecule has 1 unspecified atom stereocenters. The molecule has 1 rings (SSSR count). The summed E-state index contributed by atoms with van der Waals surface area (Å²) in [5.74, 6) is -1.11. The van der Waals surface area contributed by atoms with Crippen molar-refractivity contribution < 1.29 is 14.7 Å². The van der Waals surface area contributed by atoms with E-state index < -0.39 is 10.8 Å². The highest BCUT2D eigenvalue weighted by molar-refractivity contribution is 9.09. The first-order chi connectivity index (χ1) is 7.47. The smallest absolute Gasteiger partial charge is 0.336 e. The van der Waals surface area contributed by atoms with Gasteiger partial charge in [0, 0.05) is 0 Å². The van der Waals surface area contributed by atoms with E-state index >= 15 is 0 Å². The predicted octanol–water partition coefficient (Wildman–Crippen LogP) is 2.97. The first kappa shape index (κ1) is 12.9. The minimum atomic E-state index is -1.00. The molecule has 1 N–H and O–H groups in total. The molecule has 0 heterocycles. The molecule has 1 aromatic carbocycles. The van der Waals surface area contributed by atoms with E-state index in [0.29, 0.717) is 5.56 Å². The van der Waals surface area contributed by atoms with E-state index in [0.717, 1.165) is 12.0 Å². The van der Waals surface area contributed by atoms with E-state index in [1.54, 1.807) is 12.1 Å². The quantitative estimate of drug-likeness (QED) is 0.865. The van der Waals surface area contributed by atoms with E-state index in [-0.39, 0.29) is 11.3 Å². The van der Waals surface area contributed by atoms with Gasteiger partial charge in [-0.25, -0.2) is 4.79 Å². The largest absolute Gasteiger partial charge is 0.478 e. The van der Waals surface area contributed by atoms with Gasteiger partial charge in [0.2, 0.25) is 0 Å². The fraction of sp³-hybridized carbons (Fsp3) is 0.333. The van der Waals surface area contributed by atoms with E-state index in [4.69, 9.17) is 5.11 Å². The molecule has 0 saturated carbocycles. The maximum atomic E-state index is 11.2. The van der Waals surface area contributed by atoms with Gasteiger partial charge in [-0.1, -0.05) is 35.0 Å². The van der Waals surface area contributed by atoms with Gasteiger partial charge in [-0.2, -0.15) is 0 Å². The van der Waals surface area contributed by atoms with Gasteiger partial charge in [-0.05, 0) is 30.5 Å². The average molecular weight is 285 g/mol. The summed E-state index contributed by atoms with van der Waals surface area (Å²) in [6, 6.07) is 5.16. The third-order valence-corrected chi connectivity index (χ3v) is 3.52. The van der Waals surface area contributed by atoms with Crippen LogP contribution in [0, 0.1) is 0 Å². The summed E-state index contributed by atoms with van der Waals surface area (Å²) in [5.41, 5.74) is 1.65. The lowest BCUT2D eigenvalue weighted by atomic mass is 9.99. The lowest BCUT2D eigenvalue weighted by Gasteiger charge is -2.11. The fourth-order valence-corrected chi connectivity index (χ4v) is 1.85. The molecule has 86 valence electrons. The number of carboxylic acids is 1. The molecule has 0 saturated heterocycles. The summed E-state index contributed by atoms with van der Waals surface area (Å²) in [6.07, 6.45) is 0.771. The third kappa shape index (κ3) is 2.70. The molecule has 0 fully saturated rings. The van der Waals surface area contributed by atoms with Crippen molar-refractivity contribution in [3.8, 4) is 0 Å². The van der Waals surface area contributed by atoms with Gasteiger partial charge in [0.25, 0.3) is 0 Å². The predicted molar refractivity (Wildman–Crippen MR) is 65.1 cm³/mol. The highest BCUT2D eigenvalue weighted by atomic mass is 79.9. The number of carbonyl (C=O) groups is 2. The zero-order chi connectivity index (χ0) is 12.3. The SMILES string of the molecule is CCc1ccc(C(Br)C(C)=O)c(C(=O)O)c1. The van der Waals surface area contributed by atoms with Crippen LogP contribution in [0.15, 0.2) is 18.2 Å². The number of ketones is 1. The van der Waals surface area contributed by atoms with Gasteiger partial charge in [-0.3, -0.25) is 4.79 Å². The molecule has 0 aliphatic heterocycles. The Balaban J connectivity index is 3.28. The molecule has 3 nitrogen and oxygen atoms in total. The molecule has 0 aromatic heterocycles. The Bertz CT molecular complexity index is 426. The topological polar surface area (TPSA) is 54.4 Å². The molecule has 0 aliphatic rings. The Morgan fingerprint density at radius 2 is 2.06 bits per heavy atom. The molecule has 16 heavy (non-hydrogen) atoms. The van der Waals surface area contributed by atoms with Crippen LogP contribution in [0.25, 0.3) is 0 Å². The number of halogens is 1. The molecular formula is C12H13BrO3. The van der Waals surface area contributed by atoms with Crippen LogP contribution in [0.5, 0.6) is 0 Å². The Kier molecular flexibility index (Phi) is 4.24. The van der Waals surface area contributed by atoms with Gasteiger partial charge in [0.05, 0.1) is 10.4 Å². The first-order valence-electron chi connectivity index (χ1n) is 4.98. The monoisotopic (exact) mass is 284 g/mol. The number of Topliss-reactive ketones (excluding diaryl/α,β-unsaturated/α-hetero) is 1. The molecule has 1 atom stereocenters. The number of benzene rings is 1. The molecular weight excluding hydrogens is 272 g/mol. The van der Waals surface area contributed by atoms with E-state index in [1.807, 2.05) is 13.0 Å². The highest BCUT2D eigenvalue weighted by Gasteiger charge is 2.20. The Morgan fingerprint density at radius 1 is 1.44 bits per heavy atom. The van der Waals surface area contributed by atoms with Crippen molar-refractivity contribution in [2.75, 3.05) is 0 Å². The van der Waals surface area contributed by atoms with Gasteiger partial charge in [0.15, 0.2) is 0 Å². The minimum absolute atomic E-state index is 0.105. The van der Waals surface area contributed by atoms with Crippen molar-refractivity contribution in [1.29, 1.82) is 0 Å². The van der Waals surface area contributed by atoms with Crippen molar-refractivity contribution in [1.82, 2.24) is 0 Å². The summed E-state index contributed by atoms with van der Waals surface area (Å²) in [4.78, 5) is 21.8. The zero-order valence-electron chi connectivity index (χ0n) is 9.16. The number of aryl methyl sites for hydroxylation is 1. The van der Waals surface area contributed by atoms with Crippen molar-refractivity contribution >= 4 is 27.7 Å². The van der Waals surface area contributed by atoms with Crippen LogP contribution in [-0.4, -0.2) is 16.9 Å². The molecule has 0 bridgehead atoms. The molecule has 4 heteroatoms. The van der Waals surface area contributed by atoms with Crippen molar-refractivity contribution in [2.24, 2.45) is 0 Å². The lowest BCUT2D eigenvalue weighted by molar-refractivity contribution is -0.116. The second-order valence-corrected chi connectivity index (χ2v) is 4.47. The summed E-state index contributed by atoms with van der Waals surface area (Å²) in [6.45, 7) is 3.38. The summed E-state index contributed by atoms with van der Waals surface area (Å²) >= 11 is 3.20. The maximum Gasteiger partial charge on any atom is 0.336 e.